The quantitative estimate of drug-likeness (QED) is 0.291. The molecule has 0 aliphatic rings. The summed E-state index contributed by atoms with van der Waals surface area (Å²) in [5, 5.41) is 14.9. The molecular weight excluding hydrogens is 512 g/mol. The number of rotatable bonds is 10. The first-order valence-corrected chi connectivity index (χ1v) is 12.7. The van der Waals surface area contributed by atoms with E-state index in [0.717, 1.165) is 38.8 Å². The minimum Gasteiger partial charge on any atom is -0.466 e. The number of carbonyl (C=O) groups excluding carboxylic acids is 1. The lowest BCUT2D eigenvalue weighted by atomic mass is 10.1. The van der Waals surface area contributed by atoms with E-state index >= 15 is 0 Å². The minimum atomic E-state index is -1.30. The Hall–Kier alpha value is -3.89. The average Bonchev–Trinajstić information content (AvgIpc) is 3.20. The maximum atomic E-state index is 13.5. The Morgan fingerprint density at radius 1 is 1.16 bits per heavy atom. The number of hydrogen-bond acceptors (Lipinski definition) is 8. The Balaban J connectivity index is 1.73. The summed E-state index contributed by atoms with van der Waals surface area (Å²) in [6.07, 6.45) is -0.907. The van der Waals surface area contributed by atoms with Crippen LogP contribution in [-0.4, -0.2) is 37.9 Å². The predicted molar refractivity (Wildman–Crippen MR) is 144 cm³/mol. The predicted octanol–water partition coefficient (Wildman–Crippen LogP) is 3.78. The van der Waals surface area contributed by atoms with Gasteiger partial charge in [0.15, 0.2) is 0 Å². The number of ether oxygens (including phenoxy) is 1. The number of esters is 1. The molecule has 200 valence electrons. The van der Waals surface area contributed by atoms with Gasteiger partial charge < -0.3 is 19.6 Å². The molecule has 0 spiro atoms. The van der Waals surface area contributed by atoms with Crippen LogP contribution in [0.15, 0.2) is 56.5 Å². The van der Waals surface area contributed by atoms with Gasteiger partial charge in [0.25, 0.3) is 0 Å². The van der Waals surface area contributed by atoms with Crippen molar-refractivity contribution < 1.29 is 19.1 Å². The normalized spacial score (nSPS) is 12.0. The monoisotopic (exact) mass is 540 g/mol. The second-order valence-electron chi connectivity index (χ2n) is 8.83. The molecule has 2 N–H and O–H groups in total. The van der Waals surface area contributed by atoms with Crippen molar-refractivity contribution in [3.8, 4) is 0 Å². The summed E-state index contributed by atoms with van der Waals surface area (Å²) in [5.74, 6) is 0.290. The summed E-state index contributed by atoms with van der Waals surface area (Å²) in [7, 11) is 0. The van der Waals surface area contributed by atoms with Gasteiger partial charge in [0.2, 0.25) is 5.95 Å². The summed E-state index contributed by atoms with van der Waals surface area (Å²) < 4.78 is 12.8. The van der Waals surface area contributed by atoms with Gasteiger partial charge in [0.05, 0.1) is 32.2 Å². The van der Waals surface area contributed by atoms with Crippen LogP contribution in [0.3, 0.4) is 0 Å². The van der Waals surface area contributed by atoms with Crippen LogP contribution in [-0.2, 0) is 29.0 Å². The number of hydrogen-bond donors (Lipinski definition) is 2. The van der Waals surface area contributed by atoms with Gasteiger partial charge in [-0.2, -0.15) is 4.98 Å². The number of halogens is 1. The fourth-order valence-corrected chi connectivity index (χ4v) is 4.33. The molecule has 0 unspecified atom stereocenters. The fourth-order valence-electron chi connectivity index (χ4n) is 4.20. The van der Waals surface area contributed by atoms with Crippen molar-refractivity contribution in [2.75, 3.05) is 11.9 Å². The largest absolute Gasteiger partial charge is 0.466 e. The third-order valence-corrected chi connectivity index (χ3v) is 6.37. The molecule has 1 atom stereocenters. The van der Waals surface area contributed by atoms with E-state index < -0.39 is 30.0 Å². The second-order valence-corrected chi connectivity index (χ2v) is 9.26. The summed E-state index contributed by atoms with van der Waals surface area (Å²) >= 11 is 6.01. The van der Waals surface area contributed by atoms with Crippen molar-refractivity contribution in [2.45, 2.75) is 52.8 Å². The van der Waals surface area contributed by atoms with Crippen molar-refractivity contribution in [3.05, 3.63) is 85.3 Å². The van der Waals surface area contributed by atoms with Crippen LogP contribution in [0.1, 0.15) is 37.2 Å². The lowest BCUT2D eigenvalue weighted by Crippen LogP contribution is -2.45. The molecule has 11 heteroatoms. The van der Waals surface area contributed by atoms with E-state index in [-0.39, 0.29) is 25.5 Å². The van der Waals surface area contributed by atoms with Crippen LogP contribution in [0.4, 0.5) is 11.6 Å². The van der Waals surface area contributed by atoms with Gasteiger partial charge in [-0.3, -0.25) is 9.36 Å². The van der Waals surface area contributed by atoms with Crippen LogP contribution in [0, 0.1) is 6.92 Å². The number of nitrogens with one attached hydrogen (secondary N) is 1. The van der Waals surface area contributed by atoms with Crippen LogP contribution in [0.25, 0.3) is 11.0 Å². The van der Waals surface area contributed by atoms with Gasteiger partial charge in [-0.25, -0.2) is 14.2 Å². The number of anilines is 2. The summed E-state index contributed by atoms with van der Waals surface area (Å²) in [6.45, 7) is 5.46. The molecule has 2 aromatic carbocycles. The maximum absolute atomic E-state index is 13.5. The summed E-state index contributed by atoms with van der Waals surface area (Å²) in [5.41, 5.74) is 1.56. The molecule has 0 bridgehead atoms. The third-order valence-electron chi connectivity index (χ3n) is 6.12. The highest BCUT2D eigenvalue weighted by atomic mass is 35.5. The molecule has 10 nitrogen and oxygen atoms in total. The zero-order valence-electron chi connectivity index (χ0n) is 21.4. The molecule has 0 saturated carbocycles. The topological polar surface area (TPSA) is 129 Å². The van der Waals surface area contributed by atoms with E-state index in [1.807, 2.05) is 26.0 Å². The van der Waals surface area contributed by atoms with Crippen molar-refractivity contribution >= 4 is 40.2 Å². The fraction of sp³-hybridized carbons (Fsp3) is 0.333. The number of aliphatic hydroxyl groups excluding tert-OH is 1. The van der Waals surface area contributed by atoms with E-state index in [0.29, 0.717) is 10.7 Å². The number of furan rings is 1. The Labute approximate surface area is 223 Å². The molecule has 2 heterocycles. The van der Waals surface area contributed by atoms with Gasteiger partial charge in [-0.05, 0) is 55.3 Å². The Bertz CT molecular complexity index is 1570. The Morgan fingerprint density at radius 2 is 1.89 bits per heavy atom. The molecular formula is C27H29ClN4O6. The Kier molecular flexibility index (Phi) is 8.33. The number of aromatic nitrogens is 3. The van der Waals surface area contributed by atoms with Gasteiger partial charge >= 0.3 is 17.3 Å². The number of benzene rings is 2. The van der Waals surface area contributed by atoms with E-state index in [2.05, 4.69) is 10.3 Å². The van der Waals surface area contributed by atoms with Crippen LogP contribution in [0.2, 0.25) is 5.02 Å². The minimum absolute atomic E-state index is 0.0299. The first kappa shape index (κ1) is 27.2. The average molecular weight is 541 g/mol. The summed E-state index contributed by atoms with van der Waals surface area (Å²) in [4.78, 5) is 42.3. The van der Waals surface area contributed by atoms with E-state index in [4.69, 9.17) is 20.8 Å². The summed E-state index contributed by atoms with van der Waals surface area (Å²) in [6, 6.07) is 12.4. The van der Waals surface area contributed by atoms with Crippen LogP contribution in [0.5, 0.6) is 0 Å². The maximum Gasteiger partial charge on any atom is 0.355 e. The lowest BCUT2D eigenvalue weighted by Gasteiger charge is -2.17. The number of nitrogens with zero attached hydrogens (tertiary/aromatic N) is 3. The molecule has 4 aromatic rings. The lowest BCUT2D eigenvalue weighted by molar-refractivity contribution is -0.145. The SMILES string of the molecule is CCOC(=O)C[C@H](O)Cn1c(=O)nc(Nc2ccc3oc(CC)c(C)c3c2)n(Cc2ccc(Cl)cc2)c1=O. The van der Waals surface area contributed by atoms with Gasteiger partial charge in [-0.1, -0.05) is 30.7 Å². The molecule has 0 amide bonds. The molecule has 0 saturated heterocycles. The molecule has 38 heavy (non-hydrogen) atoms. The first-order valence-electron chi connectivity index (χ1n) is 12.3. The van der Waals surface area contributed by atoms with Crippen molar-refractivity contribution in [3.63, 3.8) is 0 Å². The smallest absolute Gasteiger partial charge is 0.355 e. The number of carbonyl (C=O) groups is 1. The molecule has 2 aromatic heterocycles. The third kappa shape index (κ3) is 5.98. The molecule has 0 aliphatic heterocycles. The first-order chi connectivity index (χ1) is 18.2. The van der Waals surface area contributed by atoms with Crippen molar-refractivity contribution in [2.24, 2.45) is 0 Å². The van der Waals surface area contributed by atoms with Gasteiger partial charge in [0, 0.05) is 22.5 Å². The van der Waals surface area contributed by atoms with Crippen molar-refractivity contribution in [1.29, 1.82) is 0 Å². The second kappa shape index (κ2) is 11.7. The number of fused-ring (bicyclic) bond motifs is 1. The van der Waals surface area contributed by atoms with Gasteiger partial charge in [0.1, 0.15) is 11.3 Å². The zero-order chi connectivity index (χ0) is 27.4. The molecule has 0 fully saturated rings. The molecule has 4 rings (SSSR count). The van der Waals surface area contributed by atoms with E-state index in [1.54, 1.807) is 37.3 Å². The standard InChI is InChI=1S/C27H29ClN4O6/c1-4-22-16(3)21-12-19(10-11-23(21)38-22)29-25-30-26(35)32(15-20(33)13-24(34)37-5-2)27(36)31(25)14-17-6-8-18(28)9-7-17/h6-12,20,33H,4-5,13-15H2,1-3H3,(H,29,30,35)/t20-/m0/s1. The van der Waals surface area contributed by atoms with E-state index in [9.17, 15) is 19.5 Å². The molecule has 0 aliphatic carbocycles. The molecule has 0 radical (unpaired) electrons. The van der Waals surface area contributed by atoms with Crippen LogP contribution >= 0.6 is 11.6 Å². The highest BCUT2D eigenvalue weighted by molar-refractivity contribution is 6.30. The highest BCUT2D eigenvalue weighted by Crippen LogP contribution is 2.29. The zero-order valence-corrected chi connectivity index (χ0v) is 22.1. The van der Waals surface area contributed by atoms with Gasteiger partial charge in [-0.15, -0.1) is 0 Å². The number of aryl methyl sites for hydroxylation is 2. The Morgan fingerprint density at radius 3 is 2.58 bits per heavy atom. The highest BCUT2D eigenvalue weighted by Gasteiger charge is 2.19. The van der Waals surface area contributed by atoms with Crippen LogP contribution < -0.4 is 16.7 Å². The number of aliphatic hydroxyl groups is 1. The van der Waals surface area contributed by atoms with Crippen molar-refractivity contribution in [1.82, 2.24) is 14.1 Å². The van der Waals surface area contributed by atoms with E-state index in [1.165, 1.54) is 4.57 Å².